The van der Waals surface area contributed by atoms with Gasteiger partial charge in [-0.2, -0.15) is 11.8 Å². The van der Waals surface area contributed by atoms with Gasteiger partial charge >= 0.3 is 0 Å². The molecule has 2 rings (SSSR count). The summed E-state index contributed by atoms with van der Waals surface area (Å²) in [6.45, 7) is 2.76. The van der Waals surface area contributed by atoms with Gasteiger partial charge in [-0.15, -0.1) is 11.3 Å². The maximum absolute atomic E-state index is 11.8. The van der Waals surface area contributed by atoms with Crippen LogP contribution in [0.2, 0.25) is 0 Å². The van der Waals surface area contributed by atoms with E-state index < -0.39 is 0 Å². The van der Waals surface area contributed by atoms with Crippen molar-refractivity contribution in [2.75, 3.05) is 12.0 Å². The zero-order valence-electron chi connectivity index (χ0n) is 10.5. The third kappa shape index (κ3) is 3.34. The van der Waals surface area contributed by atoms with Gasteiger partial charge in [0.15, 0.2) is 0 Å². The number of nitrogens with zero attached hydrogens (tertiary/aromatic N) is 1. The van der Waals surface area contributed by atoms with Crippen LogP contribution in [0.4, 0.5) is 0 Å². The van der Waals surface area contributed by atoms with Crippen molar-refractivity contribution in [1.29, 1.82) is 0 Å². The Bertz CT molecular complexity index is 564. The average Bonchev–Trinajstić information content (AvgIpc) is 2.82. The Hall–Kier alpha value is -0.850. The first kappa shape index (κ1) is 13.6. The van der Waals surface area contributed by atoms with Gasteiger partial charge in [-0.3, -0.25) is 4.79 Å². The maximum atomic E-state index is 11.8. The van der Waals surface area contributed by atoms with Crippen LogP contribution in [-0.2, 0) is 6.54 Å². The minimum Gasteiger partial charge on any atom is -0.308 e. The van der Waals surface area contributed by atoms with Crippen LogP contribution in [0.15, 0.2) is 16.2 Å². The van der Waals surface area contributed by atoms with E-state index >= 15 is 0 Å². The predicted molar refractivity (Wildman–Crippen MR) is 79.5 cm³/mol. The summed E-state index contributed by atoms with van der Waals surface area (Å²) in [5.74, 6) is 1.85. The fourth-order valence-corrected chi connectivity index (χ4v) is 2.99. The number of hydrogen-bond donors (Lipinski definition) is 2. The van der Waals surface area contributed by atoms with Crippen molar-refractivity contribution in [2.45, 2.75) is 25.9 Å². The lowest BCUT2D eigenvalue weighted by atomic mass is 10.2. The molecule has 0 aliphatic rings. The molecule has 2 heterocycles. The zero-order chi connectivity index (χ0) is 13.0. The van der Waals surface area contributed by atoms with Gasteiger partial charge in [0, 0.05) is 6.04 Å². The quantitative estimate of drug-likeness (QED) is 0.853. The Morgan fingerprint density at radius 2 is 2.44 bits per heavy atom. The highest BCUT2D eigenvalue weighted by molar-refractivity contribution is 7.98. The first-order valence-electron chi connectivity index (χ1n) is 5.89. The van der Waals surface area contributed by atoms with E-state index in [1.165, 1.54) is 11.3 Å². The lowest BCUT2D eigenvalue weighted by Crippen LogP contribution is -2.28. The number of nitrogens with one attached hydrogen (secondary N) is 2. The Balaban J connectivity index is 2.01. The Morgan fingerprint density at radius 1 is 1.61 bits per heavy atom. The van der Waals surface area contributed by atoms with E-state index in [1.807, 2.05) is 23.2 Å². The molecule has 0 aliphatic carbocycles. The van der Waals surface area contributed by atoms with E-state index in [0.717, 1.165) is 17.7 Å². The SMILES string of the molecule is CSCCC(C)NCc1nc2ccsc2c(=O)[nH]1. The van der Waals surface area contributed by atoms with Crippen molar-refractivity contribution in [3.8, 4) is 0 Å². The topological polar surface area (TPSA) is 57.8 Å². The van der Waals surface area contributed by atoms with Gasteiger partial charge in [0.05, 0.1) is 12.1 Å². The number of aromatic nitrogens is 2. The van der Waals surface area contributed by atoms with Gasteiger partial charge < -0.3 is 10.3 Å². The third-order valence-corrected chi connectivity index (χ3v) is 4.28. The van der Waals surface area contributed by atoms with Gasteiger partial charge in [-0.25, -0.2) is 4.98 Å². The summed E-state index contributed by atoms with van der Waals surface area (Å²) < 4.78 is 0.703. The summed E-state index contributed by atoms with van der Waals surface area (Å²) in [4.78, 5) is 19.0. The standard InChI is InChI=1S/C12H17N3OS2/c1-8(3-5-17-2)13-7-10-14-9-4-6-18-11(9)12(16)15-10/h4,6,8,13H,3,5,7H2,1-2H3,(H,14,15,16). The molecule has 6 heteroatoms. The van der Waals surface area contributed by atoms with E-state index in [2.05, 4.69) is 28.5 Å². The van der Waals surface area contributed by atoms with Crippen LogP contribution in [-0.4, -0.2) is 28.0 Å². The molecular formula is C12H17N3OS2. The van der Waals surface area contributed by atoms with Crippen molar-refractivity contribution in [3.05, 3.63) is 27.6 Å². The number of fused-ring (bicyclic) bond motifs is 1. The lowest BCUT2D eigenvalue weighted by Gasteiger charge is -2.12. The van der Waals surface area contributed by atoms with Crippen LogP contribution in [0.3, 0.4) is 0 Å². The molecule has 2 N–H and O–H groups in total. The minimum absolute atomic E-state index is 0.0384. The molecule has 2 aromatic heterocycles. The molecule has 0 saturated carbocycles. The summed E-state index contributed by atoms with van der Waals surface area (Å²) in [5, 5.41) is 5.27. The molecule has 0 spiro atoms. The summed E-state index contributed by atoms with van der Waals surface area (Å²) in [6, 6.07) is 2.32. The number of thiophene rings is 1. The number of aromatic amines is 1. The van der Waals surface area contributed by atoms with Gasteiger partial charge in [0.1, 0.15) is 10.5 Å². The Labute approximate surface area is 114 Å². The Morgan fingerprint density at radius 3 is 3.22 bits per heavy atom. The normalized spacial score (nSPS) is 13.0. The van der Waals surface area contributed by atoms with Crippen molar-refractivity contribution >= 4 is 33.3 Å². The van der Waals surface area contributed by atoms with Gasteiger partial charge in [-0.1, -0.05) is 0 Å². The monoisotopic (exact) mass is 283 g/mol. The first-order valence-corrected chi connectivity index (χ1v) is 8.16. The van der Waals surface area contributed by atoms with Crippen LogP contribution in [0.25, 0.3) is 10.2 Å². The predicted octanol–water partition coefficient (Wildman–Crippen LogP) is 2.22. The molecule has 1 unspecified atom stereocenters. The molecule has 4 nitrogen and oxygen atoms in total. The number of H-pyrrole nitrogens is 1. The maximum Gasteiger partial charge on any atom is 0.268 e. The second kappa shape index (κ2) is 6.36. The largest absolute Gasteiger partial charge is 0.308 e. The zero-order valence-corrected chi connectivity index (χ0v) is 12.2. The van der Waals surface area contributed by atoms with Crippen LogP contribution >= 0.6 is 23.1 Å². The summed E-state index contributed by atoms with van der Waals surface area (Å²) in [6.07, 6.45) is 3.22. The molecule has 0 aromatic carbocycles. The van der Waals surface area contributed by atoms with E-state index in [4.69, 9.17) is 0 Å². The minimum atomic E-state index is -0.0384. The molecule has 0 fully saturated rings. The highest BCUT2D eigenvalue weighted by Crippen LogP contribution is 2.13. The molecule has 98 valence electrons. The van der Waals surface area contributed by atoms with Crippen molar-refractivity contribution in [2.24, 2.45) is 0 Å². The van der Waals surface area contributed by atoms with Crippen molar-refractivity contribution < 1.29 is 0 Å². The molecule has 18 heavy (non-hydrogen) atoms. The summed E-state index contributed by atoms with van der Waals surface area (Å²) in [5.41, 5.74) is 0.751. The third-order valence-electron chi connectivity index (χ3n) is 2.74. The van der Waals surface area contributed by atoms with Crippen LogP contribution in [0, 0.1) is 0 Å². The highest BCUT2D eigenvalue weighted by Gasteiger charge is 2.06. The number of thioether (sulfide) groups is 1. The fraction of sp³-hybridized carbons (Fsp3) is 0.500. The number of hydrogen-bond acceptors (Lipinski definition) is 5. The second-order valence-corrected chi connectivity index (χ2v) is 6.11. The van der Waals surface area contributed by atoms with Crippen molar-refractivity contribution in [1.82, 2.24) is 15.3 Å². The fourth-order valence-electron chi connectivity index (χ4n) is 1.67. The molecule has 0 saturated heterocycles. The van der Waals surface area contributed by atoms with Gasteiger partial charge in [-0.05, 0) is 36.8 Å². The summed E-state index contributed by atoms with van der Waals surface area (Å²) >= 11 is 3.27. The van der Waals surface area contributed by atoms with E-state index in [0.29, 0.717) is 23.1 Å². The van der Waals surface area contributed by atoms with Crippen LogP contribution in [0.5, 0.6) is 0 Å². The molecule has 0 radical (unpaired) electrons. The second-order valence-electron chi connectivity index (χ2n) is 4.21. The molecule has 2 aromatic rings. The molecular weight excluding hydrogens is 266 g/mol. The van der Waals surface area contributed by atoms with Crippen LogP contribution < -0.4 is 10.9 Å². The van der Waals surface area contributed by atoms with Crippen molar-refractivity contribution in [3.63, 3.8) is 0 Å². The van der Waals surface area contributed by atoms with E-state index in [9.17, 15) is 4.79 Å². The molecule has 1 atom stereocenters. The average molecular weight is 283 g/mol. The summed E-state index contributed by atoms with van der Waals surface area (Å²) in [7, 11) is 0. The lowest BCUT2D eigenvalue weighted by molar-refractivity contribution is 0.526. The Kier molecular flexibility index (Phi) is 4.79. The van der Waals surface area contributed by atoms with E-state index in [-0.39, 0.29) is 5.56 Å². The molecule has 0 aliphatic heterocycles. The first-order chi connectivity index (χ1) is 8.70. The number of rotatable bonds is 6. The van der Waals surface area contributed by atoms with E-state index in [1.54, 1.807) is 0 Å². The van der Waals surface area contributed by atoms with Gasteiger partial charge in [0.25, 0.3) is 5.56 Å². The van der Waals surface area contributed by atoms with Gasteiger partial charge in [0.2, 0.25) is 0 Å². The smallest absolute Gasteiger partial charge is 0.268 e. The molecule has 0 amide bonds. The molecule has 0 bridgehead atoms. The van der Waals surface area contributed by atoms with Crippen LogP contribution in [0.1, 0.15) is 19.2 Å². The highest BCUT2D eigenvalue weighted by atomic mass is 32.2.